The second-order valence-electron chi connectivity index (χ2n) is 11.0. The molecular weight excluding hydrogens is 520 g/mol. The minimum absolute atomic E-state index is 0.0713. The predicted octanol–water partition coefficient (Wildman–Crippen LogP) is 4.24. The van der Waals surface area contributed by atoms with Gasteiger partial charge in [-0.2, -0.15) is 9.77 Å². The molecule has 0 aliphatic carbocycles. The highest BCUT2D eigenvalue weighted by Gasteiger charge is 2.36. The van der Waals surface area contributed by atoms with Crippen LogP contribution in [-0.4, -0.2) is 44.8 Å². The first-order valence-electron chi connectivity index (χ1n) is 13.3. The molecule has 41 heavy (non-hydrogen) atoms. The molecule has 11 nitrogen and oxygen atoms in total. The molecule has 6 aromatic rings. The molecule has 2 aromatic carbocycles. The maximum absolute atomic E-state index is 14.0. The Kier molecular flexibility index (Phi) is 5.24. The number of nitrogens with two attached hydrogens (primary N) is 1. The number of aryl methyl sites for hydroxylation is 1. The van der Waals surface area contributed by atoms with Gasteiger partial charge >= 0.3 is 0 Å². The van der Waals surface area contributed by atoms with Crippen LogP contribution in [0.25, 0.3) is 33.2 Å². The second kappa shape index (κ2) is 8.65. The van der Waals surface area contributed by atoms with Crippen LogP contribution < -0.4 is 16.0 Å². The molecule has 0 amide bonds. The Labute approximate surface area is 234 Å². The van der Waals surface area contributed by atoms with E-state index in [1.165, 1.54) is 6.33 Å². The van der Waals surface area contributed by atoms with Crippen LogP contribution in [0.4, 0.5) is 5.82 Å². The average molecular weight is 549 g/mol. The van der Waals surface area contributed by atoms with E-state index in [2.05, 4.69) is 9.97 Å². The predicted molar refractivity (Wildman–Crippen MR) is 155 cm³/mol. The molecule has 0 bridgehead atoms. The molecule has 0 radical (unpaired) electrons. The zero-order valence-corrected chi connectivity index (χ0v) is 23.0. The highest BCUT2D eigenvalue weighted by atomic mass is 16.5. The number of nitrogen functional groups attached to an aromatic ring is 1. The molecule has 0 saturated heterocycles. The Morgan fingerprint density at radius 1 is 1.07 bits per heavy atom. The number of phenolic OH excluding ortho intramolecular Hbond substituents is 1. The van der Waals surface area contributed by atoms with Gasteiger partial charge in [0.05, 0.1) is 16.3 Å². The highest BCUT2D eigenvalue weighted by Crippen LogP contribution is 2.47. The molecule has 7 rings (SSSR count). The molecule has 5 heterocycles. The average Bonchev–Trinajstić information content (AvgIpc) is 3.66. The van der Waals surface area contributed by atoms with Gasteiger partial charge in [-0.15, -0.1) is 0 Å². The zero-order chi connectivity index (χ0) is 28.6. The summed E-state index contributed by atoms with van der Waals surface area (Å²) in [4.78, 5) is 27.8. The minimum Gasteiger partial charge on any atom is -0.504 e. The van der Waals surface area contributed by atoms with Crippen molar-refractivity contribution in [1.29, 1.82) is 0 Å². The maximum Gasteiger partial charge on any atom is 0.281 e. The first kappa shape index (κ1) is 24.8. The van der Waals surface area contributed by atoms with Crippen molar-refractivity contribution in [1.82, 2.24) is 34.1 Å². The molecule has 1 atom stereocenters. The molecule has 11 heteroatoms. The Balaban J connectivity index is 1.50. The summed E-state index contributed by atoms with van der Waals surface area (Å²) in [6.45, 7) is 7.77. The second-order valence-corrected chi connectivity index (χ2v) is 11.0. The highest BCUT2D eigenvalue weighted by molar-refractivity contribution is 5.99. The third-order valence-corrected chi connectivity index (χ3v) is 7.66. The van der Waals surface area contributed by atoms with Gasteiger partial charge < -0.3 is 15.6 Å². The van der Waals surface area contributed by atoms with E-state index in [1.54, 1.807) is 32.5 Å². The van der Waals surface area contributed by atoms with E-state index in [4.69, 9.17) is 20.6 Å². The van der Waals surface area contributed by atoms with E-state index in [1.807, 2.05) is 64.1 Å². The van der Waals surface area contributed by atoms with Gasteiger partial charge in [-0.3, -0.25) is 9.47 Å². The van der Waals surface area contributed by atoms with Gasteiger partial charge in [-0.25, -0.2) is 19.6 Å². The van der Waals surface area contributed by atoms with E-state index in [9.17, 15) is 9.90 Å². The number of ether oxygens (including phenoxy) is 1. The number of nitrogens with zero attached hydrogens (tertiary/aromatic N) is 7. The number of benzene rings is 2. The maximum atomic E-state index is 14.0. The summed E-state index contributed by atoms with van der Waals surface area (Å²) in [7, 11) is 0. The topological polar surface area (TPSA) is 139 Å². The lowest BCUT2D eigenvalue weighted by Gasteiger charge is -2.20. The first-order chi connectivity index (χ1) is 19.6. The number of fused-ring (bicyclic) bond motifs is 3. The summed E-state index contributed by atoms with van der Waals surface area (Å²) in [5.74, 6) is 1.25. The molecule has 1 aliphatic rings. The van der Waals surface area contributed by atoms with Gasteiger partial charge in [-0.05, 0) is 63.6 Å². The van der Waals surface area contributed by atoms with Crippen molar-refractivity contribution in [3.8, 4) is 22.8 Å². The molecule has 3 N–H and O–H groups in total. The van der Waals surface area contributed by atoms with Gasteiger partial charge in [0.1, 0.15) is 29.5 Å². The largest absolute Gasteiger partial charge is 0.504 e. The lowest BCUT2D eigenvalue weighted by atomic mass is 9.95. The normalized spacial score (nSPS) is 14.8. The number of hydrogen-bond acceptors (Lipinski definition) is 8. The van der Waals surface area contributed by atoms with Crippen LogP contribution >= 0.6 is 0 Å². The van der Waals surface area contributed by atoms with Crippen molar-refractivity contribution in [3.63, 3.8) is 0 Å². The molecule has 206 valence electrons. The van der Waals surface area contributed by atoms with Crippen molar-refractivity contribution in [3.05, 3.63) is 88.5 Å². The fourth-order valence-corrected chi connectivity index (χ4v) is 5.78. The van der Waals surface area contributed by atoms with Crippen LogP contribution in [0.2, 0.25) is 0 Å². The van der Waals surface area contributed by atoms with E-state index >= 15 is 0 Å². The van der Waals surface area contributed by atoms with Crippen LogP contribution in [-0.2, 0) is 6.42 Å². The summed E-state index contributed by atoms with van der Waals surface area (Å²) in [6, 6.07) is 12.2. The number of aromatic hydroxyl groups is 1. The molecule has 0 fully saturated rings. The number of anilines is 1. The van der Waals surface area contributed by atoms with Crippen LogP contribution in [0, 0.1) is 6.92 Å². The first-order valence-corrected chi connectivity index (χ1v) is 13.3. The van der Waals surface area contributed by atoms with Gasteiger partial charge in [0.25, 0.3) is 5.56 Å². The van der Waals surface area contributed by atoms with Crippen LogP contribution in [0.15, 0.2) is 66.0 Å². The fourth-order valence-electron chi connectivity index (χ4n) is 5.78. The van der Waals surface area contributed by atoms with Crippen molar-refractivity contribution >= 4 is 27.8 Å². The third kappa shape index (κ3) is 3.69. The van der Waals surface area contributed by atoms with E-state index < -0.39 is 11.6 Å². The number of phenols is 1. The molecule has 0 saturated carbocycles. The van der Waals surface area contributed by atoms with Gasteiger partial charge in [0, 0.05) is 29.9 Å². The van der Waals surface area contributed by atoms with Gasteiger partial charge in [0.15, 0.2) is 23.0 Å². The summed E-state index contributed by atoms with van der Waals surface area (Å²) in [6.07, 6.45) is 5.58. The van der Waals surface area contributed by atoms with Crippen molar-refractivity contribution < 1.29 is 9.84 Å². The van der Waals surface area contributed by atoms with Crippen molar-refractivity contribution in [2.24, 2.45) is 0 Å². The van der Waals surface area contributed by atoms with Crippen LogP contribution in [0.1, 0.15) is 43.8 Å². The molecule has 0 unspecified atom stereocenters. The van der Waals surface area contributed by atoms with Crippen molar-refractivity contribution in [2.45, 2.75) is 45.8 Å². The monoisotopic (exact) mass is 548 g/mol. The molecule has 1 aliphatic heterocycles. The Morgan fingerprint density at radius 3 is 2.63 bits per heavy atom. The number of rotatable bonds is 4. The Morgan fingerprint density at radius 2 is 1.85 bits per heavy atom. The summed E-state index contributed by atoms with van der Waals surface area (Å²) in [5, 5.41) is 16.7. The van der Waals surface area contributed by atoms with E-state index in [-0.39, 0.29) is 17.1 Å². The smallest absolute Gasteiger partial charge is 0.281 e. The minimum atomic E-state index is -0.543. The number of hydrogen-bond donors (Lipinski definition) is 2. The van der Waals surface area contributed by atoms with Gasteiger partial charge in [0.2, 0.25) is 0 Å². The summed E-state index contributed by atoms with van der Waals surface area (Å²) in [5.41, 5.74) is 9.86. The Hall–Kier alpha value is -5.19. The zero-order valence-electron chi connectivity index (χ0n) is 23.0. The van der Waals surface area contributed by atoms with Crippen LogP contribution in [0.5, 0.6) is 11.5 Å². The molecule has 0 spiro atoms. The van der Waals surface area contributed by atoms with Gasteiger partial charge in [-0.1, -0.05) is 12.1 Å². The lowest BCUT2D eigenvalue weighted by molar-refractivity contribution is 0.134. The number of aromatic nitrogens is 7. The van der Waals surface area contributed by atoms with E-state index in [0.717, 1.165) is 16.7 Å². The molecule has 4 aromatic heterocycles. The standard InChI is InChI=1S/C30H28N8O3/c1-16-8-7-9-20-22(16)29(40)38(36-12-5-6-13-36)27(34-20)17(2)37-28-23(26(31)32-15-33-28)24(35-37)18-10-11-21(39)25-19(18)14-30(3,4)41-25/h5-13,15,17,39H,14H2,1-4H3,(H2,31,32,33)/t17-/m0/s1. The quantitative estimate of drug-likeness (QED) is 0.334. The van der Waals surface area contributed by atoms with Crippen molar-refractivity contribution in [2.75, 3.05) is 5.73 Å². The van der Waals surface area contributed by atoms with Crippen LogP contribution in [0.3, 0.4) is 0 Å². The van der Waals surface area contributed by atoms with E-state index in [0.29, 0.717) is 45.6 Å². The Bertz CT molecular complexity index is 2060. The lowest BCUT2D eigenvalue weighted by Crippen LogP contribution is -2.32. The summed E-state index contributed by atoms with van der Waals surface area (Å²) >= 11 is 0. The third-order valence-electron chi connectivity index (χ3n) is 7.66. The SMILES string of the molecule is Cc1cccc2nc([C@H](C)n3nc(-c4ccc(O)c5c4CC(C)(C)O5)c4c(N)ncnc43)n(-n3cccc3)c(=O)c12. The molecular formula is C30H28N8O3. The fraction of sp³-hybridized carbons (Fsp3) is 0.233. The summed E-state index contributed by atoms with van der Waals surface area (Å²) < 4.78 is 11.1.